The Balaban J connectivity index is 1.85. The summed E-state index contributed by atoms with van der Waals surface area (Å²) in [6, 6.07) is 11.3. The summed E-state index contributed by atoms with van der Waals surface area (Å²) in [6.07, 6.45) is 2.23. The van der Waals surface area contributed by atoms with E-state index >= 15 is 0 Å². The van der Waals surface area contributed by atoms with Gasteiger partial charge in [-0.15, -0.1) is 5.10 Å². The van der Waals surface area contributed by atoms with Gasteiger partial charge in [0, 0.05) is 12.0 Å². The highest BCUT2D eigenvalue weighted by Crippen LogP contribution is 2.23. The summed E-state index contributed by atoms with van der Waals surface area (Å²) in [4.78, 5) is 16.6. The average Bonchev–Trinajstić information content (AvgIpc) is 2.96. The molecule has 25 heavy (non-hydrogen) atoms. The number of hydrogen-bond donors (Lipinski definition) is 1. The second-order valence-electron chi connectivity index (χ2n) is 7.17. The Hall–Kier alpha value is -2.89. The molecule has 2 aromatic heterocycles. The molecule has 0 saturated carbocycles. The zero-order valence-corrected chi connectivity index (χ0v) is 14.9. The lowest BCUT2D eigenvalue weighted by Crippen LogP contribution is -2.19. The van der Waals surface area contributed by atoms with Gasteiger partial charge in [0.15, 0.2) is 11.5 Å². The van der Waals surface area contributed by atoms with E-state index in [2.05, 4.69) is 15.4 Å². The lowest BCUT2D eigenvalue weighted by atomic mass is 9.92. The molecule has 1 amide bonds. The number of nitrogens with one attached hydrogen (secondary N) is 1. The summed E-state index contributed by atoms with van der Waals surface area (Å²) in [7, 11) is 1.63. The van der Waals surface area contributed by atoms with Crippen molar-refractivity contribution in [1.29, 1.82) is 0 Å². The second kappa shape index (κ2) is 6.55. The maximum absolute atomic E-state index is 12.1. The first kappa shape index (κ1) is 17.0. The van der Waals surface area contributed by atoms with E-state index in [1.54, 1.807) is 17.8 Å². The van der Waals surface area contributed by atoms with Crippen molar-refractivity contribution >= 4 is 17.2 Å². The molecule has 0 unspecified atom stereocenters. The van der Waals surface area contributed by atoms with E-state index in [1.807, 2.05) is 57.2 Å². The molecule has 1 N–H and O–H groups in total. The number of amides is 1. The number of aromatic nitrogens is 3. The Labute approximate surface area is 146 Å². The van der Waals surface area contributed by atoms with E-state index in [1.165, 1.54) is 0 Å². The predicted molar refractivity (Wildman–Crippen MR) is 97.7 cm³/mol. The molecular weight excluding hydrogens is 316 g/mol. The van der Waals surface area contributed by atoms with Crippen LogP contribution in [-0.2, 0) is 4.79 Å². The van der Waals surface area contributed by atoms with Gasteiger partial charge in [-0.05, 0) is 29.7 Å². The van der Waals surface area contributed by atoms with Crippen molar-refractivity contribution in [1.82, 2.24) is 14.6 Å². The number of carbonyl (C=O) groups is 1. The molecule has 0 aliphatic carbocycles. The van der Waals surface area contributed by atoms with Crippen molar-refractivity contribution in [3.63, 3.8) is 0 Å². The minimum absolute atomic E-state index is 0.0139. The molecule has 0 bridgehead atoms. The number of nitrogens with zero attached hydrogens (tertiary/aromatic N) is 3. The van der Waals surface area contributed by atoms with Crippen molar-refractivity contribution in [3.05, 3.63) is 42.6 Å². The Morgan fingerprint density at radius 1 is 1.24 bits per heavy atom. The van der Waals surface area contributed by atoms with Crippen LogP contribution in [0.2, 0.25) is 0 Å². The van der Waals surface area contributed by atoms with Gasteiger partial charge in [0.2, 0.25) is 5.91 Å². The van der Waals surface area contributed by atoms with Crippen molar-refractivity contribution in [2.75, 3.05) is 12.4 Å². The third kappa shape index (κ3) is 4.15. The molecule has 0 atom stereocenters. The standard InChI is InChI=1S/C19H22N4O2/c1-19(2,3)11-17(24)20-14-8-9-16-21-18(22-23(16)12-14)13-6-5-7-15(10-13)25-4/h5-10,12H,11H2,1-4H3,(H,20,24). The lowest BCUT2D eigenvalue weighted by Gasteiger charge is -2.17. The fourth-order valence-electron chi connectivity index (χ4n) is 2.53. The summed E-state index contributed by atoms with van der Waals surface area (Å²) in [5.74, 6) is 1.35. The van der Waals surface area contributed by atoms with Gasteiger partial charge in [-0.1, -0.05) is 32.9 Å². The summed E-state index contributed by atoms with van der Waals surface area (Å²) < 4.78 is 6.91. The first-order valence-corrected chi connectivity index (χ1v) is 8.15. The molecule has 6 heteroatoms. The summed E-state index contributed by atoms with van der Waals surface area (Å²) in [5.41, 5.74) is 2.23. The number of methoxy groups -OCH3 is 1. The van der Waals surface area contributed by atoms with Crippen molar-refractivity contribution < 1.29 is 9.53 Å². The van der Waals surface area contributed by atoms with E-state index in [-0.39, 0.29) is 11.3 Å². The first-order chi connectivity index (χ1) is 11.8. The van der Waals surface area contributed by atoms with Crippen LogP contribution >= 0.6 is 0 Å². The van der Waals surface area contributed by atoms with E-state index in [4.69, 9.17) is 4.74 Å². The van der Waals surface area contributed by atoms with Gasteiger partial charge >= 0.3 is 0 Å². The highest BCUT2D eigenvalue weighted by molar-refractivity contribution is 5.91. The molecule has 0 fully saturated rings. The number of ether oxygens (including phenoxy) is 1. The molecule has 1 aromatic carbocycles. The fourth-order valence-corrected chi connectivity index (χ4v) is 2.53. The maximum atomic E-state index is 12.1. The zero-order valence-electron chi connectivity index (χ0n) is 14.9. The maximum Gasteiger partial charge on any atom is 0.224 e. The monoisotopic (exact) mass is 338 g/mol. The normalized spacial score (nSPS) is 11.5. The summed E-state index contributed by atoms with van der Waals surface area (Å²) in [5, 5.41) is 7.41. The molecule has 0 radical (unpaired) electrons. The van der Waals surface area contributed by atoms with E-state index in [0.717, 1.165) is 11.3 Å². The number of carbonyl (C=O) groups excluding carboxylic acids is 1. The fraction of sp³-hybridized carbons (Fsp3) is 0.316. The molecule has 0 aliphatic rings. The van der Waals surface area contributed by atoms with Crippen LogP contribution in [0.25, 0.3) is 17.0 Å². The minimum atomic E-state index is -0.0546. The van der Waals surface area contributed by atoms with Crippen LogP contribution in [-0.4, -0.2) is 27.6 Å². The van der Waals surface area contributed by atoms with Gasteiger partial charge in [-0.2, -0.15) is 0 Å². The lowest BCUT2D eigenvalue weighted by molar-refractivity contribution is -0.117. The van der Waals surface area contributed by atoms with E-state index in [0.29, 0.717) is 23.6 Å². The number of fused-ring (bicyclic) bond motifs is 1. The molecule has 3 rings (SSSR count). The van der Waals surface area contributed by atoms with Crippen LogP contribution in [0.1, 0.15) is 27.2 Å². The van der Waals surface area contributed by atoms with Gasteiger partial charge in [0.1, 0.15) is 5.75 Å². The van der Waals surface area contributed by atoms with Crippen LogP contribution < -0.4 is 10.1 Å². The van der Waals surface area contributed by atoms with Crippen LogP contribution in [0.5, 0.6) is 5.75 Å². The predicted octanol–water partition coefficient (Wildman–Crippen LogP) is 3.78. The zero-order chi connectivity index (χ0) is 18.0. The number of benzene rings is 1. The topological polar surface area (TPSA) is 68.5 Å². The van der Waals surface area contributed by atoms with Crippen molar-refractivity contribution in [2.24, 2.45) is 5.41 Å². The summed E-state index contributed by atoms with van der Waals surface area (Å²) >= 11 is 0. The largest absolute Gasteiger partial charge is 0.497 e. The van der Waals surface area contributed by atoms with Gasteiger partial charge in [-0.3, -0.25) is 4.79 Å². The minimum Gasteiger partial charge on any atom is -0.497 e. The molecule has 3 aromatic rings. The summed E-state index contributed by atoms with van der Waals surface area (Å²) in [6.45, 7) is 6.11. The van der Waals surface area contributed by atoms with Crippen LogP contribution in [0, 0.1) is 5.41 Å². The van der Waals surface area contributed by atoms with Crippen LogP contribution in [0.3, 0.4) is 0 Å². The number of hydrogen-bond acceptors (Lipinski definition) is 4. The van der Waals surface area contributed by atoms with Gasteiger partial charge < -0.3 is 10.1 Å². The van der Waals surface area contributed by atoms with Crippen LogP contribution in [0.4, 0.5) is 5.69 Å². The van der Waals surface area contributed by atoms with E-state index < -0.39 is 0 Å². The van der Waals surface area contributed by atoms with Crippen LogP contribution in [0.15, 0.2) is 42.6 Å². The first-order valence-electron chi connectivity index (χ1n) is 8.15. The third-order valence-corrected chi connectivity index (χ3v) is 3.63. The number of pyridine rings is 1. The second-order valence-corrected chi connectivity index (χ2v) is 7.17. The Bertz CT molecular complexity index is 909. The smallest absolute Gasteiger partial charge is 0.224 e. The average molecular weight is 338 g/mol. The Kier molecular flexibility index (Phi) is 4.44. The van der Waals surface area contributed by atoms with Crippen molar-refractivity contribution in [2.45, 2.75) is 27.2 Å². The Morgan fingerprint density at radius 2 is 2.04 bits per heavy atom. The van der Waals surface area contributed by atoms with E-state index in [9.17, 15) is 4.79 Å². The molecule has 0 aliphatic heterocycles. The SMILES string of the molecule is COc1cccc(-c2nc3ccc(NC(=O)CC(C)(C)C)cn3n2)c1. The third-order valence-electron chi connectivity index (χ3n) is 3.63. The molecule has 130 valence electrons. The molecule has 0 spiro atoms. The van der Waals surface area contributed by atoms with Gasteiger partial charge in [0.25, 0.3) is 0 Å². The number of anilines is 1. The molecular formula is C19H22N4O2. The highest BCUT2D eigenvalue weighted by Gasteiger charge is 2.16. The van der Waals surface area contributed by atoms with Gasteiger partial charge in [-0.25, -0.2) is 9.50 Å². The molecule has 6 nitrogen and oxygen atoms in total. The van der Waals surface area contributed by atoms with Gasteiger partial charge in [0.05, 0.1) is 19.0 Å². The van der Waals surface area contributed by atoms with Crippen molar-refractivity contribution in [3.8, 4) is 17.1 Å². The molecule has 0 saturated heterocycles. The Morgan fingerprint density at radius 3 is 2.76 bits per heavy atom. The number of rotatable bonds is 4. The highest BCUT2D eigenvalue weighted by atomic mass is 16.5. The molecule has 2 heterocycles. The quantitative estimate of drug-likeness (QED) is 0.786.